The van der Waals surface area contributed by atoms with E-state index in [1.54, 1.807) is 0 Å². The zero-order valence-corrected chi connectivity index (χ0v) is 9.91. The fraction of sp³-hybridized carbons (Fsp3) is 0.909. The molecule has 4 heteroatoms. The Morgan fingerprint density at radius 2 is 2.27 bits per heavy atom. The molecule has 0 aromatic rings. The van der Waals surface area contributed by atoms with E-state index >= 15 is 0 Å². The second-order valence-electron chi connectivity index (χ2n) is 4.37. The summed E-state index contributed by atoms with van der Waals surface area (Å²) in [7, 11) is 0. The molecule has 1 heterocycles. The summed E-state index contributed by atoms with van der Waals surface area (Å²) >= 11 is 0. The van der Waals surface area contributed by atoms with Crippen LogP contribution in [0.3, 0.4) is 0 Å². The third-order valence-corrected chi connectivity index (χ3v) is 2.80. The van der Waals surface area contributed by atoms with E-state index < -0.39 is 0 Å². The third kappa shape index (κ3) is 3.47. The lowest BCUT2D eigenvalue weighted by molar-refractivity contribution is -0.156. The van der Waals surface area contributed by atoms with Crippen LogP contribution in [0.15, 0.2) is 0 Å². The van der Waals surface area contributed by atoms with Crippen LogP contribution in [0.4, 0.5) is 0 Å². The maximum atomic E-state index is 11.7. The van der Waals surface area contributed by atoms with Crippen molar-refractivity contribution in [3.05, 3.63) is 0 Å². The van der Waals surface area contributed by atoms with Crippen molar-refractivity contribution in [1.29, 1.82) is 0 Å². The molecule has 0 aromatic heterocycles. The molecule has 0 radical (unpaired) electrons. The van der Waals surface area contributed by atoms with Gasteiger partial charge in [0.15, 0.2) is 0 Å². The molecular formula is C11H23N3O. The van der Waals surface area contributed by atoms with Gasteiger partial charge in [-0.1, -0.05) is 13.8 Å². The quantitative estimate of drug-likeness (QED) is 0.736. The maximum Gasteiger partial charge on any atom is 0.236 e. The molecule has 1 aliphatic heterocycles. The van der Waals surface area contributed by atoms with Crippen molar-refractivity contribution < 1.29 is 4.79 Å². The van der Waals surface area contributed by atoms with Crippen LogP contribution in [0.5, 0.6) is 0 Å². The van der Waals surface area contributed by atoms with Crippen molar-refractivity contribution in [3.63, 3.8) is 0 Å². The molecule has 1 atom stereocenters. The van der Waals surface area contributed by atoms with Crippen molar-refractivity contribution in [2.75, 3.05) is 26.2 Å². The Kier molecular flexibility index (Phi) is 5.05. The largest absolute Gasteiger partial charge is 0.330 e. The lowest BCUT2D eigenvalue weighted by atomic mass is 10.1. The maximum absolute atomic E-state index is 11.7. The first-order valence-electron chi connectivity index (χ1n) is 5.94. The van der Waals surface area contributed by atoms with E-state index in [1.165, 1.54) is 0 Å². The number of amides is 1. The predicted molar refractivity (Wildman–Crippen MR) is 61.0 cm³/mol. The minimum absolute atomic E-state index is 0.271. The lowest BCUT2D eigenvalue weighted by Crippen LogP contribution is -2.52. The summed E-state index contributed by atoms with van der Waals surface area (Å²) in [5.74, 6) is 0.725. The molecule has 15 heavy (non-hydrogen) atoms. The van der Waals surface area contributed by atoms with E-state index in [0.29, 0.717) is 18.9 Å². The van der Waals surface area contributed by atoms with Crippen LogP contribution in [-0.2, 0) is 4.79 Å². The van der Waals surface area contributed by atoms with Gasteiger partial charge >= 0.3 is 0 Å². The van der Waals surface area contributed by atoms with Gasteiger partial charge in [0.2, 0.25) is 5.91 Å². The first kappa shape index (κ1) is 12.5. The van der Waals surface area contributed by atoms with Gasteiger partial charge in [-0.05, 0) is 25.3 Å². The minimum Gasteiger partial charge on any atom is -0.330 e. The molecule has 1 rings (SSSR count). The van der Waals surface area contributed by atoms with Gasteiger partial charge in [-0.15, -0.1) is 0 Å². The summed E-state index contributed by atoms with van der Waals surface area (Å²) < 4.78 is 0. The van der Waals surface area contributed by atoms with Crippen LogP contribution in [0.25, 0.3) is 0 Å². The third-order valence-electron chi connectivity index (χ3n) is 2.80. The van der Waals surface area contributed by atoms with Crippen LogP contribution in [0, 0.1) is 5.92 Å². The number of carbonyl (C=O) groups excluding carboxylic acids is 1. The minimum atomic E-state index is 0.271. The fourth-order valence-electron chi connectivity index (χ4n) is 1.92. The number of hydrazine groups is 1. The highest BCUT2D eigenvalue weighted by Crippen LogP contribution is 2.14. The molecule has 0 aromatic carbocycles. The number of carbonyl (C=O) groups is 1. The van der Waals surface area contributed by atoms with Crippen LogP contribution in [0.2, 0.25) is 0 Å². The van der Waals surface area contributed by atoms with Crippen LogP contribution in [-0.4, -0.2) is 42.1 Å². The average molecular weight is 213 g/mol. The molecule has 1 aliphatic rings. The Bertz CT molecular complexity index is 208. The second-order valence-corrected chi connectivity index (χ2v) is 4.37. The molecule has 1 unspecified atom stereocenters. The first-order valence-corrected chi connectivity index (χ1v) is 5.94. The van der Waals surface area contributed by atoms with E-state index in [-0.39, 0.29) is 5.91 Å². The molecule has 1 fully saturated rings. The van der Waals surface area contributed by atoms with E-state index in [0.717, 1.165) is 32.5 Å². The van der Waals surface area contributed by atoms with Crippen molar-refractivity contribution in [2.24, 2.45) is 11.7 Å². The van der Waals surface area contributed by atoms with Crippen molar-refractivity contribution in [2.45, 2.75) is 33.1 Å². The monoisotopic (exact) mass is 213 g/mol. The van der Waals surface area contributed by atoms with Gasteiger partial charge in [0.1, 0.15) is 0 Å². The van der Waals surface area contributed by atoms with E-state index in [9.17, 15) is 4.79 Å². The summed E-state index contributed by atoms with van der Waals surface area (Å²) in [6.07, 6.45) is 2.70. The Morgan fingerprint density at radius 3 is 2.87 bits per heavy atom. The predicted octanol–water partition coefficient (Wildman–Crippen LogP) is 0.831. The number of nitrogens with two attached hydrogens (primary N) is 1. The molecule has 4 nitrogen and oxygen atoms in total. The smallest absolute Gasteiger partial charge is 0.236 e. The summed E-state index contributed by atoms with van der Waals surface area (Å²) in [6, 6.07) is 0. The highest BCUT2D eigenvalue weighted by molar-refractivity contribution is 5.76. The molecule has 88 valence electrons. The van der Waals surface area contributed by atoms with E-state index in [1.807, 2.05) is 5.01 Å². The Morgan fingerprint density at radius 1 is 1.53 bits per heavy atom. The van der Waals surface area contributed by atoms with Crippen LogP contribution >= 0.6 is 0 Å². The standard InChI is InChI=1S/C11H23N3O/c1-3-6-14-11(15)5-4-7-13(14)9-10(2)8-12/h10H,3-9,12H2,1-2H3. The van der Waals surface area contributed by atoms with Crippen LogP contribution in [0.1, 0.15) is 33.1 Å². The Labute approximate surface area is 92.4 Å². The van der Waals surface area contributed by atoms with E-state index in [4.69, 9.17) is 5.73 Å². The number of rotatable bonds is 5. The number of nitrogens with zero attached hydrogens (tertiary/aromatic N) is 2. The highest BCUT2D eigenvalue weighted by Gasteiger charge is 2.25. The highest BCUT2D eigenvalue weighted by atomic mass is 16.2. The molecular weight excluding hydrogens is 190 g/mol. The first-order chi connectivity index (χ1) is 7.19. The number of hydrogen-bond acceptors (Lipinski definition) is 3. The van der Waals surface area contributed by atoms with E-state index in [2.05, 4.69) is 18.9 Å². The average Bonchev–Trinajstić information content (AvgIpc) is 2.23. The molecule has 1 saturated heterocycles. The van der Waals surface area contributed by atoms with Crippen molar-refractivity contribution in [3.8, 4) is 0 Å². The van der Waals surface area contributed by atoms with Crippen molar-refractivity contribution in [1.82, 2.24) is 10.0 Å². The normalized spacial score (nSPS) is 20.7. The molecule has 0 spiro atoms. The lowest BCUT2D eigenvalue weighted by Gasteiger charge is -2.39. The summed E-state index contributed by atoms with van der Waals surface area (Å²) in [4.78, 5) is 11.7. The van der Waals surface area contributed by atoms with Gasteiger partial charge in [-0.3, -0.25) is 9.80 Å². The fourth-order valence-corrected chi connectivity index (χ4v) is 1.92. The topological polar surface area (TPSA) is 49.6 Å². The van der Waals surface area contributed by atoms with Crippen molar-refractivity contribution >= 4 is 5.91 Å². The summed E-state index contributed by atoms with van der Waals surface area (Å²) in [6.45, 7) is 7.66. The molecule has 0 aliphatic carbocycles. The van der Waals surface area contributed by atoms with Gasteiger partial charge in [0, 0.05) is 26.1 Å². The second kappa shape index (κ2) is 6.08. The zero-order chi connectivity index (χ0) is 11.3. The SMILES string of the molecule is CCCN1C(=O)CCCN1CC(C)CN. The molecule has 2 N–H and O–H groups in total. The Balaban J connectivity index is 2.54. The van der Waals surface area contributed by atoms with Gasteiger partial charge in [-0.2, -0.15) is 0 Å². The summed E-state index contributed by atoms with van der Waals surface area (Å²) in [5, 5.41) is 4.09. The van der Waals surface area contributed by atoms with Crippen LogP contribution < -0.4 is 5.73 Å². The molecule has 0 saturated carbocycles. The summed E-state index contributed by atoms with van der Waals surface area (Å²) in [5.41, 5.74) is 5.61. The Hall–Kier alpha value is -0.610. The van der Waals surface area contributed by atoms with Gasteiger partial charge in [0.05, 0.1) is 0 Å². The number of hydrogen-bond donors (Lipinski definition) is 1. The van der Waals surface area contributed by atoms with Gasteiger partial charge in [-0.25, -0.2) is 5.01 Å². The molecule has 1 amide bonds. The van der Waals surface area contributed by atoms with Gasteiger partial charge < -0.3 is 5.73 Å². The molecule has 0 bridgehead atoms. The van der Waals surface area contributed by atoms with Gasteiger partial charge in [0.25, 0.3) is 0 Å². The zero-order valence-electron chi connectivity index (χ0n) is 9.91.